The highest BCUT2D eigenvalue weighted by Gasteiger charge is 2.28. The second-order valence-corrected chi connectivity index (χ2v) is 6.14. The van der Waals surface area contributed by atoms with Crippen LogP contribution in [-0.4, -0.2) is 54.9 Å². The number of hydrogen-bond donors (Lipinski definition) is 0. The summed E-state index contributed by atoms with van der Waals surface area (Å²) in [6.07, 6.45) is 2.57. The van der Waals surface area contributed by atoms with Gasteiger partial charge in [0.1, 0.15) is 12.0 Å². The van der Waals surface area contributed by atoms with Gasteiger partial charge < -0.3 is 9.42 Å². The van der Waals surface area contributed by atoms with Crippen LogP contribution in [-0.2, 0) is 20.6 Å². The molecule has 0 N–H and O–H groups in total. The van der Waals surface area contributed by atoms with E-state index in [4.69, 9.17) is 0 Å². The van der Waals surface area contributed by atoms with E-state index in [9.17, 15) is 13.2 Å². The fourth-order valence-electron chi connectivity index (χ4n) is 1.91. The van der Waals surface area contributed by atoms with Crippen LogP contribution in [0.1, 0.15) is 5.69 Å². The molecule has 0 aliphatic carbocycles. The number of amides is 1. The van der Waals surface area contributed by atoms with E-state index in [0.717, 1.165) is 0 Å². The maximum Gasteiger partial charge on any atom is 0.246 e. The zero-order chi connectivity index (χ0) is 13.9. The summed E-state index contributed by atoms with van der Waals surface area (Å²) in [5.74, 6) is -0.354. The molecule has 104 valence electrons. The van der Waals surface area contributed by atoms with E-state index >= 15 is 0 Å². The van der Waals surface area contributed by atoms with E-state index in [0.29, 0.717) is 31.9 Å². The number of aromatic nitrogens is 1. The molecule has 2 heterocycles. The van der Waals surface area contributed by atoms with Gasteiger partial charge in [0.25, 0.3) is 0 Å². The third-order valence-corrected chi connectivity index (χ3v) is 4.75. The lowest BCUT2D eigenvalue weighted by Gasteiger charge is -2.33. The van der Waals surface area contributed by atoms with Crippen LogP contribution in [0.4, 0.5) is 0 Å². The average molecular weight is 285 g/mol. The normalized spacial score (nSPS) is 17.4. The molecule has 0 aromatic carbocycles. The molecule has 0 spiro atoms. The van der Waals surface area contributed by atoms with Crippen molar-refractivity contribution in [3.8, 4) is 0 Å². The molecular weight excluding hydrogens is 270 g/mol. The van der Waals surface area contributed by atoms with E-state index < -0.39 is 10.0 Å². The Kier molecular flexibility index (Phi) is 4.01. The maximum atomic E-state index is 12.1. The van der Waals surface area contributed by atoms with Gasteiger partial charge in [-0.15, -0.1) is 0 Å². The molecule has 8 heteroatoms. The highest BCUT2D eigenvalue weighted by Crippen LogP contribution is 2.12. The van der Waals surface area contributed by atoms with Crippen molar-refractivity contribution in [2.75, 3.05) is 26.2 Å². The van der Waals surface area contributed by atoms with Crippen LogP contribution in [0.5, 0.6) is 0 Å². The van der Waals surface area contributed by atoms with Gasteiger partial charge in [0.05, 0.1) is 5.69 Å². The number of piperazine rings is 1. The molecular formula is C11H15N3O4S. The monoisotopic (exact) mass is 285 g/mol. The summed E-state index contributed by atoms with van der Waals surface area (Å²) < 4.78 is 30.2. The molecule has 1 aliphatic heterocycles. The molecule has 1 saturated heterocycles. The molecule has 0 bridgehead atoms. The lowest BCUT2D eigenvalue weighted by Crippen LogP contribution is -2.50. The van der Waals surface area contributed by atoms with Crippen LogP contribution >= 0.6 is 0 Å². The van der Waals surface area contributed by atoms with Gasteiger partial charge in [0.2, 0.25) is 15.9 Å². The van der Waals surface area contributed by atoms with Crippen molar-refractivity contribution in [3.63, 3.8) is 0 Å². The van der Waals surface area contributed by atoms with Gasteiger partial charge in [-0.25, -0.2) is 8.42 Å². The zero-order valence-electron chi connectivity index (χ0n) is 10.4. The summed E-state index contributed by atoms with van der Waals surface area (Å²) in [5, 5.41) is 3.59. The number of nitrogens with zero attached hydrogens (tertiary/aromatic N) is 3. The van der Waals surface area contributed by atoms with Gasteiger partial charge >= 0.3 is 0 Å². The third-order valence-electron chi connectivity index (χ3n) is 2.94. The summed E-state index contributed by atoms with van der Waals surface area (Å²) in [6, 6.07) is 1.52. The maximum absolute atomic E-state index is 12.1. The highest BCUT2D eigenvalue weighted by molar-refractivity contribution is 7.88. The van der Waals surface area contributed by atoms with Gasteiger partial charge in [-0.05, 0) is 6.08 Å². The molecule has 0 atom stereocenters. The third kappa shape index (κ3) is 3.21. The number of carbonyl (C=O) groups excluding carboxylic acids is 1. The Morgan fingerprint density at radius 1 is 1.42 bits per heavy atom. The molecule has 1 fully saturated rings. The van der Waals surface area contributed by atoms with Gasteiger partial charge in [-0.3, -0.25) is 4.79 Å². The lowest BCUT2D eigenvalue weighted by molar-refractivity contribution is -0.127. The van der Waals surface area contributed by atoms with Crippen LogP contribution in [0.3, 0.4) is 0 Å². The first-order valence-electron chi connectivity index (χ1n) is 5.81. The second-order valence-electron chi connectivity index (χ2n) is 4.18. The summed E-state index contributed by atoms with van der Waals surface area (Å²) in [4.78, 5) is 13.0. The Balaban J connectivity index is 1.97. The molecule has 1 aromatic heterocycles. The van der Waals surface area contributed by atoms with Crippen LogP contribution in [0.15, 0.2) is 29.5 Å². The topological polar surface area (TPSA) is 83.7 Å². The van der Waals surface area contributed by atoms with Crippen LogP contribution in [0.2, 0.25) is 0 Å². The van der Waals surface area contributed by atoms with E-state index in [-0.39, 0.29) is 11.7 Å². The molecule has 7 nitrogen and oxygen atoms in total. The Morgan fingerprint density at radius 3 is 2.63 bits per heavy atom. The minimum atomic E-state index is -3.42. The summed E-state index contributed by atoms with van der Waals surface area (Å²) >= 11 is 0. The van der Waals surface area contributed by atoms with Crippen LogP contribution < -0.4 is 0 Å². The number of carbonyl (C=O) groups is 1. The number of hydrogen-bond acceptors (Lipinski definition) is 5. The predicted molar refractivity (Wildman–Crippen MR) is 67.5 cm³/mol. The van der Waals surface area contributed by atoms with Gasteiger partial charge in [-0.2, -0.15) is 4.31 Å². The first-order chi connectivity index (χ1) is 9.03. The standard InChI is InChI=1S/C11H15N3O4S/c1-2-11(15)13-4-6-14(7-5-13)19(16,17)9-10-3-8-18-12-10/h2-3,8H,1,4-7,9H2. The Hall–Kier alpha value is -1.67. The fraction of sp³-hybridized carbons (Fsp3) is 0.455. The molecule has 0 radical (unpaired) electrons. The molecule has 19 heavy (non-hydrogen) atoms. The predicted octanol–water partition coefficient (Wildman–Crippen LogP) is -0.165. The molecule has 0 saturated carbocycles. The van der Waals surface area contributed by atoms with E-state index in [1.165, 1.54) is 22.7 Å². The van der Waals surface area contributed by atoms with E-state index in [1.807, 2.05) is 0 Å². The largest absolute Gasteiger partial charge is 0.364 e. The van der Waals surface area contributed by atoms with Gasteiger partial charge in [0, 0.05) is 32.2 Å². The smallest absolute Gasteiger partial charge is 0.246 e. The molecule has 1 aliphatic rings. The van der Waals surface area contributed by atoms with E-state index in [1.54, 1.807) is 4.90 Å². The quantitative estimate of drug-likeness (QED) is 0.717. The van der Waals surface area contributed by atoms with Crippen molar-refractivity contribution >= 4 is 15.9 Å². The van der Waals surface area contributed by atoms with Gasteiger partial charge in [0.15, 0.2) is 0 Å². The Morgan fingerprint density at radius 2 is 2.11 bits per heavy atom. The summed E-state index contributed by atoms with van der Waals surface area (Å²) in [7, 11) is -3.42. The second kappa shape index (κ2) is 5.54. The van der Waals surface area contributed by atoms with Crippen molar-refractivity contribution < 1.29 is 17.7 Å². The first-order valence-corrected chi connectivity index (χ1v) is 7.42. The van der Waals surface area contributed by atoms with E-state index in [2.05, 4.69) is 16.3 Å². The minimum Gasteiger partial charge on any atom is -0.364 e. The molecule has 1 amide bonds. The number of rotatable bonds is 4. The van der Waals surface area contributed by atoms with Crippen LogP contribution in [0.25, 0.3) is 0 Å². The van der Waals surface area contributed by atoms with Crippen molar-refractivity contribution in [3.05, 3.63) is 30.7 Å². The van der Waals surface area contributed by atoms with Crippen LogP contribution in [0, 0.1) is 0 Å². The molecule has 0 unspecified atom stereocenters. The minimum absolute atomic E-state index is 0.173. The van der Waals surface area contributed by atoms with Gasteiger partial charge in [-0.1, -0.05) is 11.7 Å². The fourth-order valence-corrected chi connectivity index (χ4v) is 3.33. The molecule has 1 aromatic rings. The summed E-state index contributed by atoms with van der Waals surface area (Å²) in [6.45, 7) is 4.75. The van der Waals surface area contributed by atoms with Crippen molar-refractivity contribution in [2.24, 2.45) is 0 Å². The van der Waals surface area contributed by atoms with Crippen molar-refractivity contribution in [2.45, 2.75) is 5.75 Å². The average Bonchev–Trinajstić information content (AvgIpc) is 2.90. The lowest BCUT2D eigenvalue weighted by atomic mass is 10.3. The van der Waals surface area contributed by atoms with Crippen molar-refractivity contribution in [1.29, 1.82) is 0 Å². The Labute approximate surface area is 111 Å². The first kappa shape index (κ1) is 13.8. The molecule has 2 rings (SSSR count). The highest BCUT2D eigenvalue weighted by atomic mass is 32.2. The summed E-state index contributed by atoms with van der Waals surface area (Å²) in [5.41, 5.74) is 0.379. The SMILES string of the molecule is C=CC(=O)N1CCN(S(=O)(=O)Cc2ccon2)CC1. The van der Waals surface area contributed by atoms with Crippen molar-refractivity contribution in [1.82, 2.24) is 14.4 Å². The Bertz CT molecular complexity index is 545. The number of sulfonamides is 1. The zero-order valence-corrected chi connectivity index (χ0v) is 11.2.